The first-order chi connectivity index (χ1) is 13.1. The molecule has 0 aliphatic carbocycles. The number of pyridine rings is 1. The van der Waals surface area contributed by atoms with Crippen LogP contribution in [0.15, 0.2) is 66.6 Å². The normalized spacial score (nSPS) is 11.0. The Morgan fingerprint density at radius 3 is 2.63 bits per heavy atom. The lowest BCUT2D eigenvalue weighted by molar-refractivity contribution is -0.141. The van der Waals surface area contributed by atoms with Crippen molar-refractivity contribution in [2.45, 2.75) is 13.5 Å². The maximum Gasteiger partial charge on any atom is 0.355 e. The van der Waals surface area contributed by atoms with E-state index in [-0.39, 0.29) is 18.2 Å². The number of carbonyl (C=O) groups excluding carboxylic acids is 2. The first-order valence-electron chi connectivity index (χ1n) is 8.28. The molecule has 6 nitrogen and oxygen atoms in total. The Labute approximate surface area is 156 Å². The average Bonchev–Trinajstić information content (AvgIpc) is 3.03. The van der Waals surface area contributed by atoms with Gasteiger partial charge >= 0.3 is 5.97 Å². The van der Waals surface area contributed by atoms with E-state index in [1.165, 1.54) is 6.92 Å². The molecule has 1 aromatic carbocycles. The number of benzene rings is 1. The van der Waals surface area contributed by atoms with Crippen LogP contribution in [0.4, 0.5) is 0 Å². The summed E-state index contributed by atoms with van der Waals surface area (Å²) in [6, 6.07) is 16.8. The number of fused-ring (bicyclic) bond motifs is 1. The lowest BCUT2D eigenvalue weighted by Gasteiger charge is -2.09. The van der Waals surface area contributed by atoms with Crippen molar-refractivity contribution < 1.29 is 14.3 Å². The standard InChI is InChI=1S/C21H17N3O3/c1-15(25)23-19(11-16-7-3-2-4-8-16)21(26)27-14-17-13-24-10-6-5-9-20(24)18(17)12-22/h2-11,13H,14H2,1H3,(H,23,25)/b19-11+. The van der Waals surface area contributed by atoms with Crippen molar-refractivity contribution in [1.82, 2.24) is 9.72 Å². The van der Waals surface area contributed by atoms with Gasteiger partial charge in [-0.15, -0.1) is 0 Å². The van der Waals surface area contributed by atoms with Gasteiger partial charge in [0.1, 0.15) is 18.4 Å². The second kappa shape index (κ2) is 8.02. The van der Waals surface area contributed by atoms with Gasteiger partial charge in [0.05, 0.1) is 11.1 Å². The molecule has 134 valence electrons. The molecule has 27 heavy (non-hydrogen) atoms. The van der Waals surface area contributed by atoms with Gasteiger partial charge < -0.3 is 14.5 Å². The molecule has 2 heterocycles. The third-order valence-electron chi connectivity index (χ3n) is 3.87. The van der Waals surface area contributed by atoms with Gasteiger partial charge in [-0.2, -0.15) is 5.26 Å². The highest BCUT2D eigenvalue weighted by Crippen LogP contribution is 2.19. The molecule has 0 aliphatic rings. The molecule has 0 saturated heterocycles. The number of aromatic nitrogens is 1. The summed E-state index contributed by atoms with van der Waals surface area (Å²) in [5.74, 6) is -1.05. The molecule has 0 radical (unpaired) electrons. The Balaban J connectivity index is 1.81. The average molecular weight is 359 g/mol. The number of hydrogen-bond acceptors (Lipinski definition) is 4. The second-order valence-corrected chi connectivity index (χ2v) is 5.86. The van der Waals surface area contributed by atoms with Gasteiger partial charge in [0.15, 0.2) is 0 Å². The fourth-order valence-electron chi connectivity index (χ4n) is 2.69. The fourth-order valence-corrected chi connectivity index (χ4v) is 2.69. The van der Waals surface area contributed by atoms with Crippen LogP contribution in [-0.4, -0.2) is 16.3 Å². The third-order valence-corrected chi connectivity index (χ3v) is 3.87. The molecule has 6 heteroatoms. The summed E-state index contributed by atoms with van der Waals surface area (Å²) in [4.78, 5) is 23.9. The summed E-state index contributed by atoms with van der Waals surface area (Å²) < 4.78 is 7.15. The predicted molar refractivity (Wildman–Crippen MR) is 100 cm³/mol. The number of amides is 1. The molecule has 0 unspecified atom stereocenters. The number of esters is 1. The molecule has 0 aliphatic heterocycles. The zero-order chi connectivity index (χ0) is 19.2. The monoisotopic (exact) mass is 359 g/mol. The van der Waals surface area contributed by atoms with Crippen molar-refractivity contribution in [1.29, 1.82) is 5.26 Å². The first kappa shape index (κ1) is 18.0. The van der Waals surface area contributed by atoms with E-state index < -0.39 is 5.97 Å². The van der Waals surface area contributed by atoms with E-state index in [1.807, 2.05) is 54.7 Å². The molecule has 0 bridgehead atoms. The molecule has 0 saturated carbocycles. The Bertz CT molecular complexity index is 1060. The highest BCUT2D eigenvalue weighted by molar-refractivity contribution is 5.97. The summed E-state index contributed by atoms with van der Waals surface area (Å²) in [7, 11) is 0. The summed E-state index contributed by atoms with van der Waals surface area (Å²) in [5.41, 5.74) is 2.59. The molecular formula is C21H17N3O3. The summed E-state index contributed by atoms with van der Waals surface area (Å²) in [5, 5.41) is 11.9. The van der Waals surface area contributed by atoms with Crippen LogP contribution >= 0.6 is 0 Å². The lowest BCUT2D eigenvalue weighted by atomic mass is 10.2. The van der Waals surface area contributed by atoms with Gasteiger partial charge in [0.2, 0.25) is 5.91 Å². The van der Waals surface area contributed by atoms with Crippen LogP contribution in [0.25, 0.3) is 11.6 Å². The Kier molecular flexibility index (Phi) is 5.33. The zero-order valence-electron chi connectivity index (χ0n) is 14.7. The van der Waals surface area contributed by atoms with E-state index in [0.29, 0.717) is 11.1 Å². The van der Waals surface area contributed by atoms with E-state index in [4.69, 9.17) is 4.74 Å². The minimum Gasteiger partial charge on any atom is -0.456 e. The number of carbonyl (C=O) groups is 2. The number of rotatable bonds is 5. The number of nitrogens with zero attached hydrogens (tertiary/aromatic N) is 2. The van der Waals surface area contributed by atoms with Crippen LogP contribution in [0.2, 0.25) is 0 Å². The van der Waals surface area contributed by atoms with Gasteiger partial charge in [0.25, 0.3) is 0 Å². The molecular weight excluding hydrogens is 342 g/mol. The summed E-state index contributed by atoms with van der Waals surface area (Å²) in [6.07, 6.45) is 5.12. The lowest BCUT2D eigenvalue weighted by Crippen LogP contribution is -2.26. The van der Waals surface area contributed by atoms with Crippen molar-refractivity contribution in [3.63, 3.8) is 0 Å². The number of nitrogens with one attached hydrogen (secondary N) is 1. The number of nitriles is 1. The quantitative estimate of drug-likeness (QED) is 0.561. The first-order valence-corrected chi connectivity index (χ1v) is 8.28. The van der Waals surface area contributed by atoms with Gasteiger partial charge in [0, 0.05) is 24.9 Å². The third kappa shape index (κ3) is 4.22. The van der Waals surface area contributed by atoms with Crippen molar-refractivity contribution in [2.24, 2.45) is 0 Å². The SMILES string of the molecule is CC(=O)N/C(=C/c1ccccc1)C(=O)OCc1cn2ccccc2c1C#N. The van der Waals surface area contributed by atoms with Gasteiger partial charge in [-0.1, -0.05) is 36.4 Å². The van der Waals surface area contributed by atoms with Crippen LogP contribution in [-0.2, 0) is 20.9 Å². The van der Waals surface area contributed by atoms with E-state index in [2.05, 4.69) is 11.4 Å². The van der Waals surface area contributed by atoms with E-state index in [9.17, 15) is 14.9 Å². The smallest absolute Gasteiger partial charge is 0.355 e. The van der Waals surface area contributed by atoms with Crippen LogP contribution in [0.5, 0.6) is 0 Å². The second-order valence-electron chi connectivity index (χ2n) is 5.86. The Morgan fingerprint density at radius 2 is 1.93 bits per heavy atom. The van der Waals surface area contributed by atoms with Crippen LogP contribution < -0.4 is 5.32 Å². The minimum absolute atomic E-state index is 0.0379. The van der Waals surface area contributed by atoms with E-state index in [0.717, 1.165) is 11.1 Å². The molecule has 2 aromatic heterocycles. The molecule has 3 aromatic rings. The van der Waals surface area contributed by atoms with Gasteiger partial charge in [-0.3, -0.25) is 4.79 Å². The van der Waals surface area contributed by atoms with E-state index >= 15 is 0 Å². The Hall–Kier alpha value is -3.85. The van der Waals surface area contributed by atoms with Gasteiger partial charge in [-0.25, -0.2) is 4.79 Å². The van der Waals surface area contributed by atoms with Crippen LogP contribution in [0.3, 0.4) is 0 Å². The summed E-state index contributed by atoms with van der Waals surface area (Å²) in [6.45, 7) is 1.25. The number of hydrogen-bond donors (Lipinski definition) is 1. The largest absolute Gasteiger partial charge is 0.456 e. The highest BCUT2D eigenvalue weighted by atomic mass is 16.5. The van der Waals surface area contributed by atoms with E-state index in [1.54, 1.807) is 16.7 Å². The number of ether oxygens (including phenoxy) is 1. The molecule has 0 atom stereocenters. The maximum absolute atomic E-state index is 12.5. The molecule has 1 amide bonds. The van der Waals surface area contributed by atoms with Crippen LogP contribution in [0.1, 0.15) is 23.6 Å². The zero-order valence-corrected chi connectivity index (χ0v) is 14.7. The van der Waals surface area contributed by atoms with Crippen LogP contribution in [0, 0.1) is 11.3 Å². The maximum atomic E-state index is 12.5. The van der Waals surface area contributed by atoms with Crippen molar-refractivity contribution in [3.8, 4) is 6.07 Å². The molecule has 3 rings (SSSR count). The summed E-state index contributed by atoms with van der Waals surface area (Å²) >= 11 is 0. The van der Waals surface area contributed by atoms with Gasteiger partial charge in [-0.05, 0) is 23.8 Å². The molecule has 0 spiro atoms. The fraction of sp³-hybridized carbons (Fsp3) is 0.0952. The van der Waals surface area contributed by atoms with Crippen molar-refractivity contribution >= 4 is 23.5 Å². The molecule has 1 N–H and O–H groups in total. The Morgan fingerprint density at radius 1 is 1.19 bits per heavy atom. The highest BCUT2D eigenvalue weighted by Gasteiger charge is 2.16. The predicted octanol–water partition coefficient (Wildman–Crippen LogP) is 3.03. The van der Waals surface area contributed by atoms with Crippen molar-refractivity contribution in [2.75, 3.05) is 0 Å². The minimum atomic E-state index is -0.673. The van der Waals surface area contributed by atoms with Crippen molar-refractivity contribution in [3.05, 3.63) is 83.3 Å². The molecule has 0 fully saturated rings. The topological polar surface area (TPSA) is 83.6 Å².